The summed E-state index contributed by atoms with van der Waals surface area (Å²) in [6, 6.07) is 0. The van der Waals surface area contributed by atoms with Crippen LogP contribution in [0.1, 0.15) is 78.1 Å². The number of halogens is 1. The van der Waals surface area contributed by atoms with Crippen molar-refractivity contribution in [3.8, 4) is 0 Å². The normalized spacial score (nSPS) is 31.0. The third-order valence-corrected chi connectivity index (χ3v) is 4.28. The Labute approximate surface area is 101 Å². The molecule has 1 aliphatic carbocycles. The van der Waals surface area contributed by atoms with Gasteiger partial charge in [-0.15, -0.1) is 11.6 Å². The van der Waals surface area contributed by atoms with Gasteiger partial charge in [-0.2, -0.15) is 0 Å². The molecule has 0 aromatic carbocycles. The molecule has 0 radical (unpaired) electrons. The number of unbranched alkanes of at least 4 members (excludes halogenated alkanes) is 5. The highest BCUT2D eigenvalue weighted by molar-refractivity contribution is 6.20. The van der Waals surface area contributed by atoms with E-state index in [4.69, 9.17) is 11.6 Å². The van der Waals surface area contributed by atoms with Crippen LogP contribution in [0.25, 0.3) is 0 Å². The third-order valence-electron chi connectivity index (χ3n) is 3.91. The van der Waals surface area contributed by atoms with E-state index in [9.17, 15) is 0 Å². The van der Waals surface area contributed by atoms with Crippen LogP contribution in [0.2, 0.25) is 0 Å². The molecule has 2 unspecified atom stereocenters. The summed E-state index contributed by atoms with van der Waals surface area (Å²) in [6.07, 6.45) is 13.8. The molecule has 2 atom stereocenters. The summed E-state index contributed by atoms with van der Waals surface area (Å²) in [5.74, 6) is 0. The lowest BCUT2D eigenvalue weighted by molar-refractivity contribution is 0.295. The van der Waals surface area contributed by atoms with Crippen LogP contribution in [0, 0.1) is 5.41 Å². The molecule has 1 aliphatic rings. The van der Waals surface area contributed by atoms with Gasteiger partial charge in [-0.3, -0.25) is 0 Å². The Morgan fingerprint density at radius 2 is 1.80 bits per heavy atom. The molecule has 1 rings (SSSR count). The Hall–Kier alpha value is 0.290. The molecule has 1 saturated carbocycles. The molecule has 15 heavy (non-hydrogen) atoms. The standard InChI is InChI=1S/C14H27Cl/c1-3-4-5-6-7-8-10-14(2)11-9-13(15)12-14/h13H,3-12H2,1-2H3. The summed E-state index contributed by atoms with van der Waals surface area (Å²) in [5, 5.41) is 0.468. The van der Waals surface area contributed by atoms with Crippen molar-refractivity contribution in [1.29, 1.82) is 0 Å². The van der Waals surface area contributed by atoms with Crippen LogP contribution in [0.4, 0.5) is 0 Å². The summed E-state index contributed by atoms with van der Waals surface area (Å²) in [4.78, 5) is 0. The molecule has 0 saturated heterocycles. The second kappa shape index (κ2) is 6.78. The van der Waals surface area contributed by atoms with Crippen molar-refractivity contribution in [1.82, 2.24) is 0 Å². The van der Waals surface area contributed by atoms with E-state index in [0.717, 1.165) is 0 Å². The van der Waals surface area contributed by atoms with Gasteiger partial charge in [-0.25, -0.2) is 0 Å². The molecule has 0 aromatic rings. The molecule has 90 valence electrons. The summed E-state index contributed by atoms with van der Waals surface area (Å²) in [5.41, 5.74) is 0.581. The van der Waals surface area contributed by atoms with Crippen LogP contribution in [0.15, 0.2) is 0 Å². The summed E-state index contributed by atoms with van der Waals surface area (Å²) >= 11 is 6.18. The van der Waals surface area contributed by atoms with Gasteiger partial charge in [-0.1, -0.05) is 52.4 Å². The first kappa shape index (κ1) is 13.4. The first-order valence-electron chi connectivity index (χ1n) is 6.80. The molecule has 0 aliphatic heterocycles. The SMILES string of the molecule is CCCCCCCCC1(C)CCC(Cl)C1. The lowest BCUT2D eigenvalue weighted by atomic mass is 9.83. The van der Waals surface area contributed by atoms with Gasteiger partial charge in [0, 0.05) is 5.38 Å². The minimum Gasteiger partial charge on any atom is -0.123 e. The van der Waals surface area contributed by atoms with Crippen LogP contribution in [0.5, 0.6) is 0 Å². The number of hydrogen-bond donors (Lipinski definition) is 0. The fourth-order valence-electron chi connectivity index (χ4n) is 2.80. The Kier molecular flexibility index (Phi) is 6.04. The first-order chi connectivity index (χ1) is 7.16. The van der Waals surface area contributed by atoms with Crippen LogP contribution in [0.3, 0.4) is 0 Å². The molecule has 1 fully saturated rings. The van der Waals surface area contributed by atoms with Gasteiger partial charge in [0.1, 0.15) is 0 Å². The minimum absolute atomic E-state index is 0.468. The van der Waals surface area contributed by atoms with Crippen LogP contribution in [-0.2, 0) is 0 Å². The quantitative estimate of drug-likeness (QED) is 0.398. The topological polar surface area (TPSA) is 0 Å². The fourth-order valence-corrected chi connectivity index (χ4v) is 3.28. The minimum atomic E-state index is 0.468. The zero-order valence-electron chi connectivity index (χ0n) is 10.5. The summed E-state index contributed by atoms with van der Waals surface area (Å²) in [7, 11) is 0. The zero-order chi connectivity index (χ0) is 11.1. The predicted molar refractivity (Wildman–Crippen MR) is 69.6 cm³/mol. The van der Waals surface area contributed by atoms with Crippen molar-refractivity contribution >= 4 is 11.6 Å². The van der Waals surface area contributed by atoms with Gasteiger partial charge >= 0.3 is 0 Å². The van der Waals surface area contributed by atoms with Crippen LogP contribution >= 0.6 is 11.6 Å². The molecule has 1 heteroatoms. The number of hydrogen-bond acceptors (Lipinski definition) is 0. The molecular weight excluding hydrogens is 204 g/mol. The van der Waals surface area contributed by atoms with E-state index < -0.39 is 0 Å². The summed E-state index contributed by atoms with van der Waals surface area (Å²) < 4.78 is 0. The van der Waals surface area contributed by atoms with E-state index in [-0.39, 0.29) is 0 Å². The molecule has 0 aromatic heterocycles. The average Bonchev–Trinajstić information content (AvgIpc) is 2.53. The lowest BCUT2D eigenvalue weighted by Crippen LogP contribution is -2.11. The van der Waals surface area contributed by atoms with E-state index in [1.54, 1.807) is 0 Å². The highest BCUT2D eigenvalue weighted by Gasteiger charge is 2.33. The maximum Gasteiger partial charge on any atom is 0.0341 e. The van der Waals surface area contributed by atoms with Gasteiger partial charge in [0.2, 0.25) is 0 Å². The zero-order valence-corrected chi connectivity index (χ0v) is 11.3. The van der Waals surface area contributed by atoms with E-state index in [1.807, 2.05) is 0 Å². The maximum absolute atomic E-state index is 6.18. The first-order valence-corrected chi connectivity index (χ1v) is 7.24. The third kappa shape index (κ3) is 5.24. The molecule has 0 spiro atoms. The van der Waals surface area contributed by atoms with Crippen molar-refractivity contribution in [2.24, 2.45) is 5.41 Å². The monoisotopic (exact) mass is 230 g/mol. The van der Waals surface area contributed by atoms with E-state index >= 15 is 0 Å². The Balaban J connectivity index is 2.00. The number of alkyl halides is 1. The second-order valence-corrected chi connectivity index (χ2v) is 6.29. The van der Waals surface area contributed by atoms with Gasteiger partial charge < -0.3 is 0 Å². The molecule has 0 nitrogen and oxygen atoms in total. The maximum atomic E-state index is 6.18. The van der Waals surface area contributed by atoms with Crippen molar-refractivity contribution in [2.45, 2.75) is 83.4 Å². The van der Waals surface area contributed by atoms with Gasteiger partial charge in [-0.05, 0) is 31.1 Å². The van der Waals surface area contributed by atoms with Crippen molar-refractivity contribution in [3.63, 3.8) is 0 Å². The average molecular weight is 231 g/mol. The van der Waals surface area contributed by atoms with Gasteiger partial charge in [0.15, 0.2) is 0 Å². The fraction of sp³-hybridized carbons (Fsp3) is 1.00. The highest BCUT2D eigenvalue weighted by Crippen LogP contribution is 2.43. The van der Waals surface area contributed by atoms with E-state index in [0.29, 0.717) is 10.8 Å². The molecule has 0 amide bonds. The molecule has 0 bridgehead atoms. The van der Waals surface area contributed by atoms with Gasteiger partial charge in [0.25, 0.3) is 0 Å². The van der Waals surface area contributed by atoms with Crippen LogP contribution in [-0.4, -0.2) is 5.38 Å². The highest BCUT2D eigenvalue weighted by atomic mass is 35.5. The smallest absolute Gasteiger partial charge is 0.0341 e. The largest absolute Gasteiger partial charge is 0.123 e. The summed E-state index contributed by atoms with van der Waals surface area (Å²) in [6.45, 7) is 4.71. The Morgan fingerprint density at radius 1 is 1.13 bits per heavy atom. The number of rotatable bonds is 7. The Bertz CT molecular complexity index is 167. The van der Waals surface area contributed by atoms with Crippen LogP contribution < -0.4 is 0 Å². The lowest BCUT2D eigenvalue weighted by Gasteiger charge is -2.23. The van der Waals surface area contributed by atoms with E-state index in [2.05, 4.69) is 13.8 Å². The second-order valence-electron chi connectivity index (χ2n) is 5.67. The van der Waals surface area contributed by atoms with Gasteiger partial charge in [0.05, 0.1) is 0 Å². The molecule has 0 N–H and O–H groups in total. The van der Waals surface area contributed by atoms with Crippen molar-refractivity contribution in [2.75, 3.05) is 0 Å². The van der Waals surface area contributed by atoms with Crippen molar-refractivity contribution in [3.05, 3.63) is 0 Å². The predicted octanol–water partition coefficient (Wildman–Crippen LogP) is 5.53. The van der Waals surface area contributed by atoms with E-state index in [1.165, 1.54) is 64.2 Å². The van der Waals surface area contributed by atoms with Crippen molar-refractivity contribution < 1.29 is 0 Å². The molecular formula is C14H27Cl. The molecule has 0 heterocycles. The Morgan fingerprint density at radius 3 is 2.40 bits per heavy atom.